The molecule has 1 aliphatic carbocycles. The monoisotopic (exact) mass is 425 g/mol. The molecule has 3 rings (SSSR count). The van der Waals surface area contributed by atoms with Gasteiger partial charge in [-0.1, -0.05) is 47.0 Å². The molecule has 0 unspecified atom stereocenters. The Balaban J connectivity index is 0.00000261. The van der Waals surface area contributed by atoms with E-state index in [2.05, 4.69) is 11.4 Å². The summed E-state index contributed by atoms with van der Waals surface area (Å²) >= 11 is 12.1. The van der Waals surface area contributed by atoms with E-state index in [1.54, 1.807) is 5.57 Å². The lowest BCUT2D eigenvalue weighted by Crippen LogP contribution is -2.16. The number of rotatable bonds is 8. The van der Waals surface area contributed by atoms with Crippen molar-refractivity contribution in [1.29, 1.82) is 0 Å². The molecule has 0 saturated heterocycles. The molecule has 2 aromatic rings. The van der Waals surface area contributed by atoms with Crippen LogP contribution in [0.3, 0.4) is 0 Å². The quantitative estimate of drug-likeness (QED) is 0.363. The van der Waals surface area contributed by atoms with E-state index in [0.717, 1.165) is 46.4 Å². The SMILES string of the molecule is Cl.Clc1ccc(COc2ccc(Cl)cc2CNCCC2=CCCCC2)cc1. The van der Waals surface area contributed by atoms with Crippen LogP contribution < -0.4 is 10.1 Å². The number of hydrogen-bond donors (Lipinski definition) is 1. The van der Waals surface area contributed by atoms with Crippen molar-refractivity contribution in [2.24, 2.45) is 0 Å². The minimum atomic E-state index is 0. The van der Waals surface area contributed by atoms with Gasteiger partial charge >= 0.3 is 0 Å². The first-order valence-corrected chi connectivity index (χ1v) is 10.0. The number of halogens is 3. The summed E-state index contributed by atoms with van der Waals surface area (Å²) in [6, 6.07) is 13.5. The Morgan fingerprint density at radius 1 is 0.963 bits per heavy atom. The van der Waals surface area contributed by atoms with Crippen LogP contribution in [0.5, 0.6) is 5.75 Å². The Morgan fingerprint density at radius 2 is 1.74 bits per heavy atom. The second-order valence-corrected chi connectivity index (χ2v) is 7.57. The van der Waals surface area contributed by atoms with Crippen LogP contribution in [0.1, 0.15) is 43.2 Å². The van der Waals surface area contributed by atoms with Gasteiger partial charge in [0.1, 0.15) is 12.4 Å². The standard InChI is InChI=1S/C22H25Cl2NO.ClH/c23-20-8-6-18(7-9-20)16-26-22-11-10-21(24)14-19(22)15-25-13-12-17-4-2-1-3-5-17;/h4,6-11,14,25H,1-3,5,12-13,15-16H2;1H. The fourth-order valence-corrected chi connectivity index (χ4v) is 3.49. The molecule has 1 N–H and O–H groups in total. The van der Waals surface area contributed by atoms with Crippen LogP contribution in [-0.4, -0.2) is 6.54 Å². The molecule has 146 valence electrons. The van der Waals surface area contributed by atoms with Crippen molar-refractivity contribution in [1.82, 2.24) is 5.32 Å². The lowest BCUT2D eigenvalue weighted by molar-refractivity contribution is 0.302. The van der Waals surface area contributed by atoms with Gasteiger partial charge in [-0.05, 0) is 74.5 Å². The van der Waals surface area contributed by atoms with E-state index in [4.69, 9.17) is 27.9 Å². The van der Waals surface area contributed by atoms with Gasteiger partial charge in [0.25, 0.3) is 0 Å². The fourth-order valence-electron chi connectivity index (χ4n) is 3.17. The van der Waals surface area contributed by atoms with Crippen LogP contribution in [0.2, 0.25) is 10.0 Å². The van der Waals surface area contributed by atoms with Crippen molar-refractivity contribution in [2.75, 3.05) is 6.54 Å². The Labute approximate surface area is 178 Å². The Bertz CT molecular complexity index is 744. The average molecular weight is 427 g/mol. The molecule has 0 fully saturated rings. The lowest BCUT2D eigenvalue weighted by atomic mass is 9.97. The molecule has 0 spiro atoms. The molecule has 5 heteroatoms. The van der Waals surface area contributed by atoms with E-state index in [1.165, 1.54) is 25.7 Å². The highest BCUT2D eigenvalue weighted by molar-refractivity contribution is 6.30. The largest absolute Gasteiger partial charge is 0.489 e. The number of allylic oxidation sites excluding steroid dienone is 1. The van der Waals surface area contributed by atoms with Gasteiger partial charge in [-0.25, -0.2) is 0 Å². The van der Waals surface area contributed by atoms with E-state index in [9.17, 15) is 0 Å². The predicted molar refractivity (Wildman–Crippen MR) is 117 cm³/mol. The molecule has 27 heavy (non-hydrogen) atoms. The van der Waals surface area contributed by atoms with E-state index in [0.29, 0.717) is 6.61 Å². The zero-order chi connectivity index (χ0) is 18.2. The number of ether oxygens (including phenoxy) is 1. The Kier molecular flexibility index (Phi) is 9.50. The van der Waals surface area contributed by atoms with Gasteiger partial charge in [0, 0.05) is 22.2 Å². The van der Waals surface area contributed by atoms with Gasteiger partial charge in [-0.2, -0.15) is 0 Å². The molecule has 2 aromatic carbocycles. The summed E-state index contributed by atoms with van der Waals surface area (Å²) in [6.07, 6.45) is 8.71. The zero-order valence-corrected chi connectivity index (χ0v) is 17.7. The fraction of sp³-hybridized carbons (Fsp3) is 0.364. The maximum atomic E-state index is 6.18. The molecule has 2 nitrogen and oxygen atoms in total. The zero-order valence-electron chi connectivity index (χ0n) is 15.3. The van der Waals surface area contributed by atoms with Gasteiger partial charge in [0.15, 0.2) is 0 Å². The van der Waals surface area contributed by atoms with Crippen LogP contribution in [0.15, 0.2) is 54.1 Å². The number of hydrogen-bond acceptors (Lipinski definition) is 2. The highest BCUT2D eigenvalue weighted by Gasteiger charge is 2.07. The molecular formula is C22H26Cl3NO. The third-order valence-electron chi connectivity index (χ3n) is 4.65. The van der Waals surface area contributed by atoms with Crippen LogP contribution >= 0.6 is 35.6 Å². The summed E-state index contributed by atoms with van der Waals surface area (Å²) in [5.41, 5.74) is 3.77. The van der Waals surface area contributed by atoms with Gasteiger partial charge in [-0.3, -0.25) is 0 Å². The van der Waals surface area contributed by atoms with Crippen molar-refractivity contribution in [3.63, 3.8) is 0 Å². The summed E-state index contributed by atoms with van der Waals surface area (Å²) in [4.78, 5) is 0. The van der Waals surface area contributed by atoms with Crippen LogP contribution in [0.4, 0.5) is 0 Å². The van der Waals surface area contributed by atoms with Crippen molar-refractivity contribution < 1.29 is 4.74 Å². The second-order valence-electron chi connectivity index (χ2n) is 6.70. The molecule has 0 aliphatic heterocycles. The van der Waals surface area contributed by atoms with Crippen LogP contribution in [0.25, 0.3) is 0 Å². The average Bonchev–Trinajstić information content (AvgIpc) is 2.67. The summed E-state index contributed by atoms with van der Waals surface area (Å²) in [6.45, 7) is 2.25. The van der Waals surface area contributed by atoms with Crippen LogP contribution in [0, 0.1) is 0 Å². The first-order valence-electron chi connectivity index (χ1n) is 9.25. The summed E-state index contributed by atoms with van der Waals surface area (Å²) < 4.78 is 6.01. The van der Waals surface area contributed by atoms with E-state index >= 15 is 0 Å². The van der Waals surface area contributed by atoms with Crippen molar-refractivity contribution in [2.45, 2.75) is 45.3 Å². The molecule has 0 bridgehead atoms. The molecule has 1 aliphatic rings. The molecule has 0 amide bonds. The second kappa shape index (κ2) is 11.6. The maximum absolute atomic E-state index is 6.18. The minimum absolute atomic E-state index is 0. The van der Waals surface area contributed by atoms with Gasteiger partial charge < -0.3 is 10.1 Å². The molecule has 0 aromatic heterocycles. The highest BCUT2D eigenvalue weighted by atomic mass is 35.5. The van der Waals surface area contributed by atoms with E-state index in [-0.39, 0.29) is 12.4 Å². The topological polar surface area (TPSA) is 21.3 Å². The van der Waals surface area contributed by atoms with Gasteiger partial charge in [0.05, 0.1) is 0 Å². The number of benzene rings is 2. The smallest absolute Gasteiger partial charge is 0.124 e. The van der Waals surface area contributed by atoms with Gasteiger partial charge in [0.2, 0.25) is 0 Å². The third-order valence-corrected chi connectivity index (χ3v) is 5.14. The Morgan fingerprint density at radius 3 is 2.48 bits per heavy atom. The summed E-state index contributed by atoms with van der Waals surface area (Å²) in [5, 5.41) is 4.99. The molecule has 0 saturated carbocycles. The summed E-state index contributed by atoms with van der Waals surface area (Å²) in [7, 11) is 0. The molecule has 0 heterocycles. The lowest BCUT2D eigenvalue weighted by Gasteiger charge is -2.15. The van der Waals surface area contributed by atoms with Crippen molar-refractivity contribution in [3.05, 3.63) is 75.3 Å². The predicted octanol–water partition coefficient (Wildman–Crippen LogP) is 6.97. The minimum Gasteiger partial charge on any atom is -0.489 e. The first kappa shape index (κ1) is 22.1. The number of nitrogens with one attached hydrogen (secondary N) is 1. The maximum Gasteiger partial charge on any atom is 0.124 e. The normalized spacial score (nSPS) is 13.6. The molecule has 0 atom stereocenters. The van der Waals surface area contributed by atoms with Crippen molar-refractivity contribution in [3.8, 4) is 5.75 Å². The van der Waals surface area contributed by atoms with Crippen LogP contribution in [-0.2, 0) is 13.2 Å². The van der Waals surface area contributed by atoms with E-state index < -0.39 is 0 Å². The molecular weight excluding hydrogens is 401 g/mol. The van der Waals surface area contributed by atoms with E-state index in [1.807, 2.05) is 42.5 Å². The Hall–Kier alpha value is -1.19. The molecule has 0 radical (unpaired) electrons. The summed E-state index contributed by atoms with van der Waals surface area (Å²) in [5.74, 6) is 0.869. The first-order chi connectivity index (χ1) is 12.7. The van der Waals surface area contributed by atoms with Gasteiger partial charge in [-0.15, -0.1) is 12.4 Å². The van der Waals surface area contributed by atoms with Crippen molar-refractivity contribution >= 4 is 35.6 Å². The highest BCUT2D eigenvalue weighted by Crippen LogP contribution is 2.24. The third kappa shape index (κ3) is 7.38.